The molecule has 0 spiro atoms. The molecule has 1 aliphatic heterocycles. The van der Waals surface area contributed by atoms with Gasteiger partial charge in [-0.1, -0.05) is 24.3 Å². The molecule has 1 aromatic heterocycles. The number of anilines is 1. The number of halogens is 1. The number of nitrogens with zero attached hydrogens (tertiary/aromatic N) is 3. The molecule has 1 aliphatic rings. The average Bonchev–Trinajstić information content (AvgIpc) is 3.04. The summed E-state index contributed by atoms with van der Waals surface area (Å²) >= 11 is 0. The van der Waals surface area contributed by atoms with Gasteiger partial charge in [0.05, 0.1) is 16.5 Å². The van der Waals surface area contributed by atoms with Crippen molar-refractivity contribution in [3.63, 3.8) is 0 Å². The molecule has 0 aliphatic carbocycles. The van der Waals surface area contributed by atoms with Gasteiger partial charge in [-0.05, 0) is 30.3 Å². The van der Waals surface area contributed by atoms with Crippen molar-refractivity contribution in [2.45, 2.75) is 6.04 Å². The van der Waals surface area contributed by atoms with E-state index >= 15 is 0 Å². The highest BCUT2D eigenvalue weighted by Gasteiger charge is 2.48. The highest BCUT2D eigenvalue weighted by Crippen LogP contribution is 2.42. The third-order valence-electron chi connectivity index (χ3n) is 4.89. The summed E-state index contributed by atoms with van der Waals surface area (Å²) in [6.07, 6.45) is 1.42. The van der Waals surface area contributed by atoms with E-state index in [1.54, 1.807) is 18.2 Å². The minimum Gasteiger partial charge on any atom is -0.507 e. The first-order chi connectivity index (χ1) is 14.9. The number of non-ortho nitro benzene ring substituents is 1. The summed E-state index contributed by atoms with van der Waals surface area (Å²) in [6, 6.07) is 13.8. The van der Waals surface area contributed by atoms with Crippen LogP contribution in [0.1, 0.15) is 17.2 Å². The number of carbonyl (C=O) groups excluding carboxylic acids is 2. The number of nitro benzene ring substituents is 1. The maximum atomic E-state index is 14.7. The van der Waals surface area contributed by atoms with Gasteiger partial charge < -0.3 is 5.11 Å². The minimum atomic E-state index is -1.27. The smallest absolute Gasteiger partial charge is 0.301 e. The summed E-state index contributed by atoms with van der Waals surface area (Å²) in [4.78, 5) is 41.2. The van der Waals surface area contributed by atoms with Gasteiger partial charge in [0.2, 0.25) is 0 Å². The number of Topliss-reactive ketones (excluding diaryl/α,β-unsaturated/α-hetero) is 1. The largest absolute Gasteiger partial charge is 0.507 e. The Morgan fingerprint density at radius 2 is 1.71 bits per heavy atom. The van der Waals surface area contributed by atoms with Gasteiger partial charge in [0.1, 0.15) is 17.4 Å². The summed E-state index contributed by atoms with van der Waals surface area (Å²) in [5.41, 5.74) is -0.479. The van der Waals surface area contributed by atoms with Crippen LogP contribution in [0.5, 0.6) is 0 Å². The molecule has 1 atom stereocenters. The topological polar surface area (TPSA) is 114 Å². The lowest BCUT2D eigenvalue weighted by atomic mass is 9.95. The predicted molar refractivity (Wildman–Crippen MR) is 109 cm³/mol. The third kappa shape index (κ3) is 3.42. The second-order valence-electron chi connectivity index (χ2n) is 6.68. The molecule has 8 nitrogen and oxygen atoms in total. The van der Waals surface area contributed by atoms with E-state index < -0.39 is 34.2 Å². The van der Waals surface area contributed by atoms with Gasteiger partial charge in [0.15, 0.2) is 0 Å². The van der Waals surface area contributed by atoms with Gasteiger partial charge in [0, 0.05) is 29.5 Å². The summed E-state index contributed by atoms with van der Waals surface area (Å²) in [5, 5.41) is 21.8. The van der Waals surface area contributed by atoms with E-state index in [1.165, 1.54) is 42.6 Å². The van der Waals surface area contributed by atoms with Crippen LogP contribution in [0.15, 0.2) is 78.5 Å². The summed E-state index contributed by atoms with van der Waals surface area (Å²) in [5.74, 6) is -3.13. The van der Waals surface area contributed by atoms with Crippen molar-refractivity contribution >= 4 is 29.0 Å². The quantitative estimate of drug-likeness (QED) is 0.226. The fourth-order valence-corrected chi connectivity index (χ4v) is 3.45. The number of aliphatic hydroxyl groups is 1. The lowest BCUT2D eigenvalue weighted by molar-refractivity contribution is -0.384. The van der Waals surface area contributed by atoms with Crippen molar-refractivity contribution in [3.05, 3.63) is 106 Å². The summed E-state index contributed by atoms with van der Waals surface area (Å²) in [6.45, 7) is 0. The Balaban J connectivity index is 1.93. The standard InChI is InChI=1S/C22H14FN3O5/c23-16-6-2-1-5-15(16)19-18(20(27)13-8-10-14(11-9-13)26(30)31)21(28)22(29)25(19)17-7-3-4-12-24-17/h1-12,19,27H. The first kappa shape index (κ1) is 19.9. The minimum absolute atomic E-state index is 0.00388. The molecule has 154 valence electrons. The molecular formula is C22H14FN3O5. The number of rotatable bonds is 4. The SMILES string of the molecule is O=C1C(=O)N(c2ccccn2)C(c2ccccc2F)C1=C(O)c1ccc([N+](=O)[O-])cc1. The number of aromatic nitrogens is 1. The Morgan fingerprint density at radius 3 is 2.32 bits per heavy atom. The van der Waals surface area contributed by atoms with Crippen LogP contribution in [0.4, 0.5) is 15.9 Å². The highest BCUT2D eigenvalue weighted by atomic mass is 19.1. The molecule has 1 saturated heterocycles. The fourth-order valence-electron chi connectivity index (χ4n) is 3.45. The number of hydrogen-bond donors (Lipinski definition) is 1. The van der Waals surface area contributed by atoms with Crippen LogP contribution >= 0.6 is 0 Å². The van der Waals surface area contributed by atoms with Crippen LogP contribution in [-0.2, 0) is 9.59 Å². The average molecular weight is 419 g/mol. The molecule has 0 saturated carbocycles. The second kappa shape index (κ2) is 7.79. The molecule has 31 heavy (non-hydrogen) atoms. The molecule has 9 heteroatoms. The van der Waals surface area contributed by atoms with Crippen molar-refractivity contribution < 1.29 is 24.0 Å². The van der Waals surface area contributed by atoms with Crippen molar-refractivity contribution in [1.82, 2.24) is 4.98 Å². The number of ketones is 1. The van der Waals surface area contributed by atoms with Crippen molar-refractivity contribution in [3.8, 4) is 0 Å². The monoisotopic (exact) mass is 419 g/mol. The number of pyridine rings is 1. The molecular weight excluding hydrogens is 405 g/mol. The van der Waals surface area contributed by atoms with Crippen LogP contribution in [0.25, 0.3) is 5.76 Å². The number of amides is 1. The fraction of sp³-hybridized carbons (Fsp3) is 0.0455. The Labute approximate surface area is 175 Å². The maximum absolute atomic E-state index is 14.7. The molecule has 0 bridgehead atoms. The first-order valence-corrected chi connectivity index (χ1v) is 9.11. The van der Waals surface area contributed by atoms with E-state index in [9.17, 15) is 29.2 Å². The zero-order valence-corrected chi connectivity index (χ0v) is 15.8. The number of hydrogen-bond acceptors (Lipinski definition) is 6. The van der Waals surface area contributed by atoms with E-state index in [0.717, 1.165) is 17.0 Å². The zero-order valence-electron chi connectivity index (χ0n) is 15.8. The number of aliphatic hydroxyl groups excluding tert-OH is 1. The van der Waals surface area contributed by atoms with E-state index in [-0.39, 0.29) is 28.2 Å². The van der Waals surface area contributed by atoms with E-state index in [4.69, 9.17) is 0 Å². The predicted octanol–water partition coefficient (Wildman–Crippen LogP) is 3.76. The Bertz CT molecular complexity index is 1230. The normalized spacial score (nSPS) is 17.7. The maximum Gasteiger partial charge on any atom is 0.301 e. The Morgan fingerprint density at radius 1 is 1.03 bits per heavy atom. The van der Waals surface area contributed by atoms with Crippen molar-refractivity contribution in [1.29, 1.82) is 0 Å². The highest BCUT2D eigenvalue weighted by molar-refractivity contribution is 6.51. The Hall–Kier alpha value is -4.40. The third-order valence-corrected chi connectivity index (χ3v) is 4.89. The lowest BCUT2D eigenvalue weighted by Gasteiger charge is -2.24. The molecule has 2 aromatic carbocycles. The number of benzene rings is 2. The molecule has 1 unspecified atom stereocenters. The van der Waals surface area contributed by atoms with E-state index in [2.05, 4.69) is 4.98 Å². The zero-order chi connectivity index (χ0) is 22.1. The lowest BCUT2D eigenvalue weighted by Crippen LogP contribution is -2.30. The number of carbonyl (C=O) groups is 2. The molecule has 0 radical (unpaired) electrons. The van der Waals surface area contributed by atoms with E-state index in [0.29, 0.717) is 0 Å². The summed E-state index contributed by atoms with van der Waals surface area (Å²) in [7, 11) is 0. The van der Waals surface area contributed by atoms with Gasteiger partial charge in [-0.3, -0.25) is 24.6 Å². The van der Waals surface area contributed by atoms with Gasteiger partial charge >= 0.3 is 5.91 Å². The van der Waals surface area contributed by atoms with Crippen LogP contribution in [0.3, 0.4) is 0 Å². The van der Waals surface area contributed by atoms with Gasteiger partial charge in [-0.25, -0.2) is 9.37 Å². The molecule has 4 rings (SSSR count). The van der Waals surface area contributed by atoms with Gasteiger partial charge in [-0.15, -0.1) is 0 Å². The molecule has 1 N–H and O–H groups in total. The van der Waals surface area contributed by atoms with E-state index in [1.807, 2.05) is 0 Å². The molecule has 1 amide bonds. The van der Waals surface area contributed by atoms with Crippen LogP contribution in [-0.4, -0.2) is 26.7 Å². The number of nitro groups is 1. The van der Waals surface area contributed by atoms with Gasteiger partial charge in [0.25, 0.3) is 11.5 Å². The molecule has 1 fully saturated rings. The Kier molecular flexibility index (Phi) is 5.00. The van der Waals surface area contributed by atoms with Crippen molar-refractivity contribution in [2.24, 2.45) is 0 Å². The molecule has 3 aromatic rings. The molecule has 2 heterocycles. The van der Waals surface area contributed by atoms with Crippen LogP contribution in [0, 0.1) is 15.9 Å². The summed E-state index contributed by atoms with van der Waals surface area (Å²) < 4.78 is 14.7. The van der Waals surface area contributed by atoms with Gasteiger partial charge in [-0.2, -0.15) is 0 Å². The second-order valence-corrected chi connectivity index (χ2v) is 6.68. The van der Waals surface area contributed by atoms with Crippen LogP contribution < -0.4 is 4.90 Å². The van der Waals surface area contributed by atoms with Crippen LogP contribution in [0.2, 0.25) is 0 Å². The first-order valence-electron chi connectivity index (χ1n) is 9.11. The van der Waals surface area contributed by atoms with Crippen molar-refractivity contribution in [2.75, 3.05) is 4.90 Å².